The van der Waals surface area contributed by atoms with Gasteiger partial charge in [-0.1, -0.05) is 88.5 Å². The minimum Gasteiger partial charge on any atom is -0.486 e. The summed E-state index contributed by atoms with van der Waals surface area (Å²) in [6.45, 7) is 20.5. The van der Waals surface area contributed by atoms with E-state index in [9.17, 15) is 0 Å². The van der Waals surface area contributed by atoms with Gasteiger partial charge in [-0.25, -0.2) is 4.98 Å². The second kappa shape index (κ2) is 15.2. The van der Waals surface area contributed by atoms with E-state index in [1.54, 1.807) is 0 Å². The summed E-state index contributed by atoms with van der Waals surface area (Å²) in [6.07, 6.45) is 7.35. The van der Waals surface area contributed by atoms with Gasteiger partial charge in [0.05, 0.1) is 13.7 Å². The number of hydrogen-bond acceptors (Lipinski definition) is 4. The summed E-state index contributed by atoms with van der Waals surface area (Å²) >= 11 is 0. The molecule has 6 heteroatoms. The molecule has 4 aromatic heterocycles. The molecular weight excluding hydrogens is 771 g/mol. The van der Waals surface area contributed by atoms with Crippen LogP contribution in [0.2, 0.25) is 19.6 Å². The van der Waals surface area contributed by atoms with Crippen LogP contribution in [0.4, 0.5) is 0 Å². The number of aryl methyl sites for hydroxylation is 1. The van der Waals surface area contributed by atoms with Crippen molar-refractivity contribution in [3.63, 3.8) is 0 Å². The van der Waals surface area contributed by atoms with Crippen molar-refractivity contribution in [2.75, 3.05) is 0 Å². The first-order chi connectivity index (χ1) is 21.9. The predicted molar refractivity (Wildman–Crippen MR) is 196 cm³/mol. The molecule has 4 nitrogen and oxygen atoms in total. The van der Waals surface area contributed by atoms with Crippen LogP contribution in [0.15, 0.2) is 83.5 Å². The van der Waals surface area contributed by atoms with E-state index >= 15 is 0 Å². The van der Waals surface area contributed by atoms with Crippen molar-refractivity contribution in [3.05, 3.63) is 108 Å². The molecule has 4 heterocycles. The summed E-state index contributed by atoms with van der Waals surface area (Å²) in [6, 6.07) is 29.3. The molecule has 0 aliphatic rings. The van der Waals surface area contributed by atoms with Crippen LogP contribution in [-0.4, -0.2) is 23.0 Å². The Labute approximate surface area is 295 Å². The number of benzene rings is 2. The molecule has 0 amide bonds. The van der Waals surface area contributed by atoms with Crippen LogP contribution >= 0.6 is 0 Å². The van der Waals surface area contributed by atoms with E-state index < -0.39 is 8.07 Å². The molecule has 0 aliphatic carbocycles. The van der Waals surface area contributed by atoms with Crippen LogP contribution < -0.4 is 5.19 Å². The van der Waals surface area contributed by atoms with Crippen molar-refractivity contribution >= 4 is 35.3 Å². The molecular formula is C41H47IrN3OSi-2. The number of furan rings is 1. The average molecular weight is 818 g/mol. The Morgan fingerprint density at radius 2 is 1.62 bits per heavy atom. The van der Waals surface area contributed by atoms with Crippen molar-refractivity contribution in [1.82, 2.24) is 15.0 Å². The minimum atomic E-state index is -1.37. The first-order valence-electron chi connectivity index (χ1n) is 16.5. The second-order valence-corrected chi connectivity index (χ2v) is 19.5. The van der Waals surface area contributed by atoms with Gasteiger partial charge in [-0.3, -0.25) is 0 Å². The molecule has 247 valence electrons. The van der Waals surface area contributed by atoms with Crippen molar-refractivity contribution in [3.8, 4) is 22.5 Å². The van der Waals surface area contributed by atoms with E-state index in [2.05, 4.69) is 113 Å². The van der Waals surface area contributed by atoms with E-state index in [0.29, 0.717) is 11.6 Å². The standard InChI is InChI=1S/C22H21N2O.C19H26NSi.Ir/c1-4-15(5-2)16-11-12-23-20(13-16)19-8-6-7-17-18-10-9-14(3)24-22(18)25-21(17)19;1-19(2,3)13-16-12-17(15-10-8-7-9-11-15)20-14-18(16)21(4,5)6;/h6-7,9-13,15H,4-5H2,1-3H3;7-10,12,14H,13H2,1-6H3;/q2*-1;. The van der Waals surface area contributed by atoms with Crippen LogP contribution in [0.3, 0.4) is 0 Å². The van der Waals surface area contributed by atoms with Crippen LogP contribution in [0.25, 0.3) is 44.6 Å². The van der Waals surface area contributed by atoms with Gasteiger partial charge in [0.15, 0.2) is 0 Å². The van der Waals surface area contributed by atoms with E-state index in [1.807, 2.05) is 49.5 Å². The number of pyridine rings is 3. The first kappa shape index (κ1) is 36.4. The summed E-state index contributed by atoms with van der Waals surface area (Å²) in [7, 11) is -1.37. The zero-order chi connectivity index (χ0) is 33.1. The maximum atomic E-state index is 6.09. The molecule has 1 radical (unpaired) electrons. The molecule has 6 aromatic rings. The smallest absolute Gasteiger partial charge is 0.216 e. The monoisotopic (exact) mass is 818 g/mol. The molecule has 2 aromatic carbocycles. The minimum absolute atomic E-state index is 0. The maximum Gasteiger partial charge on any atom is 0.216 e. The Hall–Kier alpha value is -3.44. The number of hydrogen-bond donors (Lipinski definition) is 0. The summed E-state index contributed by atoms with van der Waals surface area (Å²) in [5.41, 5.74) is 9.43. The van der Waals surface area contributed by atoms with Gasteiger partial charge in [0.1, 0.15) is 0 Å². The quantitative estimate of drug-likeness (QED) is 0.119. The Morgan fingerprint density at radius 1 is 0.851 bits per heavy atom. The average Bonchev–Trinajstić information content (AvgIpc) is 3.39. The van der Waals surface area contributed by atoms with Crippen molar-refractivity contribution in [2.45, 2.75) is 86.4 Å². The van der Waals surface area contributed by atoms with Gasteiger partial charge in [0.25, 0.3) is 0 Å². The van der Waals surface area contributed by atoms with Crippen molar-refractivity contribution < 1.29 is 24.5 Å². The summed E-state index contributed by atoms with van der Waals surface area (Å²) < 4.78 is 6.09. The third-order valence-corrected chi connectivity index (χ3v) is 10.5. The zero-order valence-corrected chi connectivity index (χ0v) is 32.7. The molecule has 47 heavy (non-hydrogen) atoms. The number of fused-ring (bicyclic) bond motifs is 3. The molecule has 0 saturated heterocycles. The van der Waals surface area contributed by atoms with Crippen molar-refractivity contribution in [2.24, 2.45) is 5.41 Å². The zero-order valence-electron chi connectivity index (χ0n) is 29.3. The van der Waals surface area contributed by atoms with E-state index in [-0.39, 0.29) is 25.5 Å². The molecule has 0 fully saturated rings. The molecule has 0 N–H and O–H groups in total. The first-order valence-corrected chi connectivity index (χ1v) is 20.0. The summed E-state index contributed by atoms with van der Waals surface area (Å²) in [4.78, 5) is 13.8. The van der Waals surface area contributed by atoms with E-state index in [4.69, 9.17) is 9.40 Å². The van der Waals surface area contributed by atoms with Gasteiger partial charge in [0, 0.05) is 43.6 Å². The Morgan fingerprint density at radius 3 is 2.28 bits per heavy atom. The Balaban J connectivity index is 0.000000212. The van der Waals surface area contributed by atoms with Gasteiger partial charge in [-0.15, -0.1) is 54.1 Å². The van der Waals surface area contributed by atoms with Crippen molar-refractivity contribution in [1.29, 1.82) is 0 Å². The molecule has 0 aliphatic heterocycles. The fourth-order valence-corrected chi connectivity index (χ4v) is 7.67. The third kappa shape index (κ3) is 8.73. The fourth-order valence-electron chi connectivity index (χ4n) is 6.09. The summed E-state index contributed by atoms with van der Waals surface area (Å²) in [5.74, 6) is 0.556. The van der Waals surface area contributed by atoms with Gasteiger partial charge < -0.3 is 14.4 Å². The normalized spacial score (nSPS) is 11.8. The molecule has 0 bridgehead atoms. The maximum absolute atomic E-state index is 6.09. The topological polar surface area (TPSA) is 51.8 Å². The third-order valence-electron chi connectivity index (χ3n) is 8.44. The van der Waals surface area contributed by atoms with Gasteiger partial charge in [0.2, 0.25) is 5.71 Å². The predicted octanol–water partition coefficient (Wildman–Crippen LogP) is 10.7. The second-order valence-electron chi connectivity index (χ2n) is 14.5. The number of nitrogens with zero attached hydrogens (tertiary/aromatic N) is 3. The van der Waals surface area contributed by atoms with E-state index in [1.165, 1.54) is 16.3 Å². The Bertz CT molecular complexity index is 1930. The molecule has 0 spiro atoms. The van der Waals surface area contributed by atoms with Gasteiger partial charge in [-0.05, 0) is 72.3 Å². The van der Waals surface area contributed by atoms with Crippen LogP contribution in [0.1, 0.15) is 70.2 Å². The van der Waals surface area contributed by atoms with Crippen LogP contribution in [0, 0.1) is 24.5 Å². The molecule has 0 saturated carbocycles. The Kier molecular flexibility index (Phi) is 11.8. The SMILES string of the molecule is CC(C)(C)Cc1cc(-c2[c-]cccc2)ncc1[Si](C)(C)C.CCC(CC)c1ccnc(-c2[c-]ccc3c2oc2nc(C)ccc23)c1.[Ir]. The van der Waals surface area contributed by atoms with Gasteiger partial charge in [-0.2, -0.15) is 0 Å². The molecule has 6 rings (SSSR count). The summed E-state index contributed by atoms with van der Waals surface area (Å²) in [5, 5.41) is 3.58. The molecule has 0 unspecified atom stereocenters. The number of aromatic nitrogens is 3. The van der Waals surface area contributed by atoms with Crippen LogP contribution in [-0.2, 0) is 26.5 Å². The van der Waals surface area contributed by atoms with Gasteiger partial charge >= 0.3 is 0 Å². The van der Waals surface area contributed by atoms with E-state index in [0.717, 1.165) is 63.8 Å². The largest absolute Gasteiger partial charge is 0.486 e. The molecule has 0 atom stereocenters. The fraction of sp³-hybridized carbons (Fsp3) is 0.341. The number of rotatable bonds is 7. The van der Waals surface area contributed by atoms with Crippen LogP contribution in [0.5, 0.6) is 0 Å².